The van der Waals surface area contributed by atoms with Crippen molar-refractivity contribution >= 4 is 50.4 Å². The van der Waals surface area contributed by atoms with Gasteiger partial charge in [0.2, 0.25) is 0 Å². The van der Waals surface area contributed by atoms with E-state index in [-0.39, 0.29) is 16.8 Å². The number of rotatable bonds is 5. The van der Waals surface area contributed by atoms with Crippen molar-refractivity contribution < 1.29 is 14.5 Å². The molecule has 5 aromatic carbocycles. The molecular formula is C28H19N3O4. The zero-order valence-electron chi connectivity index (χ0n) is 18.4. The highest BCUT2D eigenvalue weighted by molar-refractivity contribution is 6.13. The van der Waals surface area contributed by atoms with Crippen molar-refractivity contribution in [1.29, 1.82) is 0 Å². The lowest BCUT2D eigenvalue weighted by Gasteiger charge is -2.11. The second-order valence-electron chi connectivity index (χ2n) is 7.99. The molecule has 0 spiro atoms. The molecule has 0 fully saturated rings. The molecule has 170 valence electrons. The second-order valence-corrected chi connectivity index (χ2v) is 7.99. The van der Waals surface area contributed by atoms with Crippen LogP contribution >= 0.6 is 0 Å². The Morgan fingerprint density at radius 1 is 0.600 bits per heavy atom. The Hall–Kier alpha value is -5.04. The van der Waals surface area contributed by atoms with Gasteiger partial charge in [-0.25, -0.2) is 0 Å². The van der Waals surface area contributed by atoms with Gasteiger partial charge in [-0.2, -0.15) is 0 Å². The zero-order valence-corrected chi connectivity index (χ0v) is 18.4. The Morgan fingerprint density at radius 3 is 1.49 bits per heavy atom. The molecule has 7 nitrogen and oxygen atoms in total. The molecule has 0 radical (unpaired) electrons. The highest BCUT2D eigenvalue weighted by atomic mass is 16.6. The summed E-state index contributed by atoms with van der Waals surface area (Å²) in [5, 5.41) is 20.7. The van der Waals surface area contributed by atoms with E-state index in [4.69, 9.17) is 0 Å². The molecule has 0 heterocycles. The average molecular weight is 461 g/mol. The Morgan fingerprint density at radius 2 is 1.03 bits per heavy atom. The lowest BCUT2D eigenvalue weighted by atomic mass is 10.1. The molecular weight excluding hydrogens is 442 g/mol. The number of non-ortho nitro benzene ring substituents is 1. The van der Waals surface area contributed by atoms with Gasteiger partial charge in [0, 0.05) is 45.4 Å². The van der Waals surface area contributed by atoms with Crippen LogP contribution in [0.4, 0.5) is 17.1 Å². The van der Waals surface area contributed by atoms with E-state index in [9.17, 15) is 19.7 Å². The fourth-order valence-electron chi connectivity index (χ4n) is 4.04. The van der Waals surface area contributed by atoms with E-state index >= 15 is 0 Å². The van der Waals surface area contributed by atoms with E-state index in [0.29, 0.717) is 11.4 Å². The van der Waals surface area contributed by atoms with Crippen molar-refractivity contribution in [2.45, 2.75) is 0 Å². The van der Waals surface area contributed by atoms with Crippen LogP contribution in [0, 0.1) is 10.1 Å². The zero-order chi connectivity index (χ0) is 24.4. The molecule has 0 atom stereocenters. The molecule has 5 rings (SSSR count). The Kier molecular flexibility index (Phi) is 5.65. The molecule has 0 aliphatic heterocycles. The van der Waals surface area contributed by atoms with E-state index < -0.39 is 16.7 Å². The van der Waals surface area contributed by atoms with Crippen molar-refractivity contribution in [3.8, 4) is 0 Å². The minimum atomic E-state index is -0.622. The third-order valence-corrected chi connectivity index (χ3v) is 5.73. The van der Waals surface area contributed by atoms with Crippen molar-refractivity contribution in [2.24, 2.45) is 0 Å². The molecule has 0 saturated carbocycles. The number of hydrogen-bond acceptors (Lipinski definition) is 4. The average Bonchev–Trinajstić information content (AvgIpc) is 2.89. The van der Waals surface area contributed by atoms with Crippen LogP contribution < -0.4 is 10.6 Å². The first kappa shape index (κ1) is 21.8. The predicted molar refractivity (Wildman–Crippen MR) is 137 cm³/mol. The first-order valence-corrected chi connectivity index (χ1v) is 10.9. The van der Waals surface area contributed by atoms with Gasteiger partial charge in [-0.15, -0.1) is 0 Å². The van der Waals surface area contributed by atoms with Gasteiger partial charge in [-0.1, -0.05) is 72.8 Å². The quantitative estimate of drug-likeness (QED) is 0.233. The highest BCUT2D eigenvalue weighted by Gasteiger charge is 2.19. The minimum absolute atomic E-state index is 0.00945. The standard InChI is InChI=1S/C28H19N3O4/c32-27(29-25-13-5-9-18-7-1-3-11-23(18)25)20-15-21(17-22(16-20)31(34)35)28(33)30-26-14-6-10-19-8-2-4-12-24(19)26/h1-17H,(H,29,32)(H,30,33). The maximum Gasteiger partial charge on any atom is 0.271 e. The van der Waals surface area contributed by atoms with Crippen LogP contribution in [0.5, 0.6) is 0 Å². The molecule has 2 amide bonds. The van der Waals surface area contributed by atoms with Gasteiger partial charge in [0.25, 0.3) is 17.5 Å². The van der Waals surface area contributed by atoms with Crippen LogP contribution in [0.3, 0.4) is 0 Å². The molecule has 2 N–H and O–H groups in total. The topological polar surface area (TPSA) is 101 Å². The predicted octanol–water partition coefficient (Wildman–Crippen LogP) is 6.41. The Labute approximate surface area is 200 Å². The third-order valence-electron chi connectivity index (χ3n) is 5.73. The Bertz CT molecular complexity index is 1510. The third kappa shape index (κ3) is 4.43. The normalized spacial score (nSPS) is 10.7. The molecule has 35 heavy (non-hydrogen) atoms. The van der Waals surface area contributed by atoms with Gasteiger partial charge < -0.3 is 10.6 Å². The van der Waals surface area contributed by atoms with E-state index in [1.54, 1.807) is 12.1 Å². The van der Waals surface area contributed by atoms with Crippen LogP contribution in [0.15, 0.2) is 103 Å². The molecule has 0 aliphatic rings. The summed E-state index contributed by atoms with van der Waals surface area (Å²) in [4.78, 5) is 37.1. The van der Waals surface area contributed by atoms with Crippen LogP contribution in [0.2, 0.25) is 0 Å². The second kappa shape index (κ2) is 9.07. The number of anilines is 2. The van der Waals surface area contributed by atoms with Gasteiger partial charge in [0.05, 0.1) is 4.92 Å². The molecule has 7 heteroatoms. The van der Waals surface area contributed by atoms with Crippen molar-refractivity contribution in [3.63, 3.8) is 0 Å². The number of nitrogens with one attached hydrogen (secondary N) is 2. The van der Waals surface area contributed by atoms with E-state index in [1.807, 2.05) is 72.8 Å². The number of carbonyl (C=O) groups is 2. The smallest absolute Gasteiger partial charge is 0.271 e. The molecule has 0 bridgehead atoms. The number of nitrogens with zero attached hydrogens (tertiary/aromatic N) is 1. The molecule has 0 aromatic heterocycles. The summed E-state index contributed by atoms with van der Waals surface area (Å²) in [7, 11) is 0. The van der Waals surface area contributed by atoms with Gasteiger partial charge in [0.15, 0.2) is 0 Å². The van der Waals surface area contributed by atoms with E-state index in [0.717, 1.165) is 33.7 Å². The molecule has 0 saturated heterocycles. The fourth-order valence-corrected chi connectivity index (χ4v) is 4.04. The maximum atomic E-state index is 13.1. The first-order chi connectivity index (χ1) is 17.0. The number of hydrogen-bond donors (Lipinski definition) is 2. The summed E-state index contributed by atoms with van der Waals surface area (Å²) >= 11 is 0. The highest BCUT2D eigenvalue weighted by Crippen LogP contribution is 2.26. The summed E-state index contributed by atoms with van der Waals surface area (Å²) < 4.78 is 0. The van der Waals surface area contributed by atoms with Crippen LogP contribution in [0.25, 0.3) is 21.5 Å². The number of nitro groups is 1. The lowest BCUT2D eigenvalue weighted by molar-refractivity contribution is -0.384. The van der Waals surface area contributed by atoms with E-state index in [2.05, 4.69) is 10.6 Å². The minimum Gasteiger partial charge on any atom is -0.321 e. The van der Waals surface area contributed by atoms with Crippen molar-refractivity contribution in [1.82, 2.24) is 0 Å². The van der Waals surface area contributed by atoms with Crippen LogP contribution in [-0.2, 0) is 0 Å². The summed E-state index contributed by atoms with van der Waals surface area (Å²) in [5.74, 6) is -1.10. The lowest BCUT2D eigenvalue weighted by Crippen LogP contribution is -2.16. The van der Waals surface area contributed by atoms with Crippen molar-refractivity contribution in [2.75, 3.05) is 10.6 Å². The molecule has 0 unspecified atom stereocenters. The largest absolute Gasteiger partial charge is 0.321 e. The number of fused-ring (bicyclic) bond motifs is 2. The van der Waals surface area contributed by atoms with Crippen LogP contribution in [-0.4, -0.2) is 16.7 Å². The van der Waals surface area contributed by atoms with Gasteiger partial charge >= 0.3 is 0 Å². The summed E-state index contributed by atoms with van der Waals surface area (Å²) in [5.41, 5.74) is 0.812. The summed E-state index contributed by atoms with van der Waals surface area (Å²) in [6, 6.07) is 29.8. The summed E-state index contributed by atoms with van der Waals surface area (Å²) in [6.07, 6.45) is 0. The number of amides is 2. The number of nitro benzene ring substituents is 1. The monoisotopic (exact) mass is 461 g/mol. The van der Waals surface area contributed by atoms with E-state index in [1.165, 1.54) is 6.07 Å². The molecule has 0 aliphatic carbocycles. The first-order valence-electron chi connectivity index (χ1n) is 10.9. The number of carbonyl (C=O) groups excluding carboxylic acids is 2. The Balaban J connectivity index is 1.48. The van der Waals surface area contributed by atoms with Crippen LogP contribution in [0.1, 0.15) is 20.7 Å². The fraction of sp³-hybridized carbons (Fsp3) is 0. The maximum absolute atomic E-state index is 13.1. The SMILES string of the molecule is O=C(Nc1cccc2ccccc12)c1cc(C(=O)Nc2cccc3ccccc23)cc([N+](=O)[O-])c1. The summed E-state index contributed by atoms with van der Waals surface area (Å²) in [6.45, 7) is 0. The van der Waals surface area contributed by atoms with Crippen molar-refractivity contribution in [3.05, 3.63) is 124 Å². The van der Waals surface area contributed by atoms with Gasteiger partial charge in [-0.3, -0.25) is 19.7 Å². The number of benzene rings is 5. The molecule has 5 aromatic rings. The van der Waals surface area contributed by atoms with Gasteiger partial charge in [0.1, 0.15) is 0 Å². The van der Waals surface area contributed by atoms with Gasteiger partial charge in [-0.05, 0) is 29.0 Å².